The molecule has 0 spiro atoms. The van der Waals surface area contributed by atoms with Crippen LogP contribution in [0.1, 0.15) is 24.2 Å². The molecule has 0 aliphatic rings. The summed E-state index contributed by atoms with van der Waals surface area (Å²) in [5, 5.41) is 2.80. The number of nitrogen functional groups attached to an aromatic ring is 1. The molecule has 0 saturated heterocycles. The van der Waals surface area contributed by atoms with Crippen LogP contribution in [0.15, 0.2) is 18.2 Å². The SMILES string of the molecule is CC(C)C(CNC(=O)c1cc(F)ccc1N)N(C)C. The Kier molecular flexibility index (Phi) is 5.30. The van der Waals surface area contributed by atoms with Crippen molar-refractivity contribution in [1.29, 1.82) is 0 Å². The van der Waals surface area contributed by atoms with Gasteiger partial charge < -0.3 is 16.0 Å². The molecular formula is C14H22FN3O. The van der Waals surface area contributed by atoms with Crippen molar-refractivity contribution >= 4 is 11.6 Å². The molecule has 1 atom stereocenters. The molecule has 3 N–H and O–H groups in total. The first-order valence-electron chi connectivity index (χ1n) is 6.32. The van der Waals surface area contributed by atoms with E-state index in [2.05, 4.69) is 24.1 Å². The van der Waals surface area contributed by atoms with E-state index in [1.807, 2.05) is 14.1 Å². The molecule has 0 aliphatic carbocycles. The molecule has 1 aromatic carbocycles. The van der Waals surface area contributed by atoms with E-state index in [1.165, 1.54) is 12.1 Å². The Balaban J connectivity index is 2.72. The van der Waals surface area contributed by atoms with Crippen LogP contribution in [-0.2, 0) is 0 Å². The van der Waals surface area contributed by atoms with Gasteiger partial charge in [-0.05, 0) is 38.2 Å². The Morgan fingerprint density at radius 3 is 2.58 bits per heavy atom. The van der Waals surface area contributed by atoms with Gasteiger partial charge in [0, 0.05) is 18.3 Å². The third-order valence-corrected chi connectivity index (χ3v) is 3.16. The smallest absolute Gasteiger partial charge is 0.253 e. The van der Waals surface area contributed by atoms with Crippen molar-refractivity contribution < 1.29 is 9.18 Å². The van der Waals surface area contributed by atoms with Crippen LogP contribution in [-0.4, -0.2) is 37.5 Å². The van der Waals surface area contributed by atoms with E-state index in [-0.39, 0.29) is 23.2 Å². The second-order valence-electron chi connectivity index (χ2n) is 5.22. The summed E-state index contributed by atoms with van der Waals surface area (Å²) in [5.74, 6) is -0.406. The second kappa shape index (κ2) is 6.52. The van der Waals surface area contributed by atoms with Gasteiger partial charge in [-0.15, -0.1) is 0 Å². The molecule has 5 heteroatoms. The zero-order valence-electron chi connectivity index (χ0n) is 11.9. The number of benzene rings is 1. The molecule has 0 fully saturated rings. The predicted octanol–water partition coefficient (Wildman–Crippen LogP) is 1.72. The number of nitrogens with zero attached hydrogens (tertiary/aromatic N) is 1. The van der Waals surface area contributed by atoms with Crippen LogP contribution < -0.4 is 11.1 Å². The van der Waals surface area contributed by atoms with Gasteiger partial charge in [-0.3, -0.25) is 4.79 Å². The van der Waals surface area contributed by atoms with Crippen LogP contribution in [0.3, 0.4) is 0 Å². The Morgan fingerprint density at radius 1 is 1.42 bits per heavy atom. The van der Waals surface area contributed by atoms with Crippen LogP contribution in [0.5, 0.6) is 0 Å². The average Bonchev–Trinajstić information content (AvgIpc) is 2.31. The van der Waals surface area contributed by atoms with Gasteiger partial charge in [-0.1, -0.05) is 13.8 Å². The van der Waals surface area contributed by atoms with Crippen molar-refractivity contribution in [3.63, 3.8) is 0 Å². The highest BCUT2D eigenvalue weighted by Crippen LogP contribution is 2.13. The van der Waals surface area contributed by atoms with Gasteiger partial charge >= 0.3 is 0 Å². The number of amides is 1. The maximum atomic E-state index is 13.1. The minimum atomic E-state index is -0.465. The molecule has 0 bridgehead atoms. The number of carbonyl (C=O) groups excluding carboxylic acids is 1. The summed E-state index contributed by atoms with van der Waals surface area (Å²) in [6.07, 6.45) is 0. The molecule has 1 amide bonds. The summed E-state index contributed by atoms with van der Waals surface area (Å²) >= 11 is 0. The van der Waals surface area contributed by atoms with E-state index in [0.29, 0.717) is 12.5 Å². The molecule has 1 unspecified atom stereocenters. The lowest BCUT2D eigenvalue weighted by molar-refractivity contribution is 0.0935. The molecule has 1 rings (SSSR count). The standard InChI is InChI=1S/C14H22FN3O/c1-9(2)13(18(3)4)8-17-14(19)11-7-10(15)5-6-12(11)16/h5-7,9,13H,8,16H2,1-4H3,(H,17,19). The van der Waals surface area contributed by atoms with Gasteiger partial charge in [-0.2, -0.15) is 0 Å². The van der Waals surface area contributed by atoms with E-state index in [0.717, 1.165) is 6.07 Å². The Hall–Kier alpha value is -1.62. The van der Waals surface area contributed by atoms with Gasteiger partial charge in [-0.25, -0.2) is 4.39 Å². The largest absolute Gasteiger partial charge is 0.398 e. The van der Waals surface area contributed by atoms with Crippen molar-refractivity contribution in [1.82, 2.24) is 10.2 Å². The monoisotopic (exact) mass is 267 g/mol. The summed E-state index contributed by atoms with van der Waals surface area (Å²) < 4.78 is 13.1. The van der Waals surface area contributed by atoms with E-state index in [1.54, 1.807) is 0 Å². The predicted molar refractivity (Wildman–Crippen MR) is 75.5 cm³/mol. The van der Waals surface area contributed by atoms with Crippen LogP contribution in [0.25, 0.3) is 0 Å². The van der Waals surface area contributed by atoms with E-state index in [9.17, 15) is 9.18 Å². The molecule has 0 radical (unpaired) electrons. The fraction of sp³-hybridized carbons (Fsp3) is 0.500. The number of halogens is 1. The van der Waals surface area contributed by atoms with Crippen LogP contribution in [0.4, 0.5) is 10.1 Å². The second-order valence-corrected chi connectivity index (χ2v) is 5.22. The average molecular weight is 267 g/mol. The lowest BCUT2D eigenvalue weighted by atomic mass is 10.0. The van der Waals surface area contributed by atoms with Crippen molar-refractivity contribution in [2.24, 2.45) is 5.92 Å². The molecule has 0 aliphatic heterocycles. The lowest BCUT2D eigenvalue weighted by Crippen LogP contribution is -2.43. The van der Waals surface area contributed by atoms with Crippen LogP contribution in [0.2, 0.25) is 0 Å². The fourth-order valence-corrected chi connectivity index (χ4v) is 2.03. The van der Waals surface area contributed by atoms with Crippen LogP contribution in [0, 0.1) is 11.7 Å². The molecule has 106 valence electrons. The lowest BCUT2D eigenvalue weighted by Gasteiger charge is -2.28. The minimum Gasteiger partial charge on any atom is -0.398 e. The first-order chi connectivity index (χ1) is 8.82. The summed E-state index contributed by atoms with van der Waals surface area (Å²) in [5.41, 5.74) is 6.14. The highest BCUT2D eigenvalue weighted by Gasteiger charge is 2.18. The van der Waals surface area contributed by atoms with Crippen molar-refractivity contribution in [2.45, 2.75) is 19.9 Å². The fourth-order valence-electron chi connectivity index (χ4n) is 2.03. The first-order valence-corrected chi connectivity index (χ1v) is 6.32. The molecule has 1 aromatic rings. The molecule has 19 heavy (non-hydrogen) atoms. The number of nitrogens with one attached hydrogen (secondary N) is 1. The number of anilines is 1. The van der Waals surface area contributed by atoms with Gasteiger partial charge in [0.05, 0.1) is 5.56 Å². The van der Waals surface area contributed by atoms with Gasteiger partial charge in [0.2, 0.25) is 0 Å². The van der Waals surface area contributed by atoms with E-state index in [4.69, 9.17) is 5.73 Å². The molecule has 0 aromatic heterocycles. The summed E-state index contributed by atoms with van der Waals surface area (Å²) in [4.78, 5) is 14.0. The third-order valence-electron chi connectivity index (χ3n) is 3.16. The highest BCUT2D eigenvalue weighted by molar-refractivity contribution is 5.99. The van der Waals surface area contributed by atoms with Crippen molar-refractivity contribution in [3.05, 3.63) is 29.6 Å². The summed E-state index contributed by atoms with van der Waals surface area (Å²) in [6, 6.07) is 4.02. The highest BCUT2D eigenvalue weighted by atomic mass is 19.1. The van der Waals surface area contributed by atoms with Gasteiger partial charge in [0.1, 0.15) is 5.82 Å². The minimum absolute atomic E-state index is 0.182. The summed E-state index contributed by atoms with van der Waals surface area (Å²) in [6.45, 7) is 4.68. The molecule has 4 nitrogen and oxygen atoms in total. The third kappa shape index (κ3) is 4.21. The number of hydrogen-bond donors (Lipinski definition) is 2. The van der Waals surface area contributed by atoms with E-state index < -0.39 is 5.82 Å². The Bertz CT molecular complexity index is 438. The maximum Gasteiger partial charge on any atom is 0.253 e. The maximum absolute atomic E-state index is 13.1. The number of carbonyl (C=O) groups is 1. The van der Waals surface area contributed by atoms with Crippen LogP contribution >= 0.6 is 0 Å². The van der Waals surface area contributed by atoms with Crippen molar-refractivity contribution in [3.8, 4) is 0 Å². The molecule has 0 heterocycles. The quantitative estimate of drug-likeness (QED) is 0.799. The summed E-state index contributed by atoms with van der Waals surface area (Å²) in [7, 11) is 3.93. The zero-order valence-corrected chi connectivity index (χ0v) is 11.9. The van der Waals surface area contributed by atoms with E-state index >= 15 is 0 Å². The van der Waals surface area contributed by atoms with Crippen molar-refractivity contribution in [2.75, 3.05) is 26.4 Å². The topological polar surface area (TPSA) is 58.4 Å². The molecular weight excluding hydrogens is 245 g/mol. The number of nitrogens with two attached hydrogens (primary N) is 1. The molecule has 0 saturated carbocycles. The Morgan fingerprint density at radius 2 is 2.05 bits per heavy atom. The number of rotatable bonds is 5. The normalized spacial score (nSPS) is 12.8. The number of hydrogen-bond acceptors (Lipinski definition) is 3. The Labute approximate surface area is 113 Å². The number of likely N-dealkylation sites (N-methyl/N-ethyl adjacent to an activating group) is 1. The van der Waals surface area contributed by atoms with Gasteiger partial charge in [0.25, 0.3) is 5.91 Å². The van der Waals surface area contributed by atoms with Gasteiger partial charge in [0.15, 0.2) is 0 Å². The zero-order chi connectivity index (χ0) is 14.6. The first kappa shape index (κ1) is 15.4.